The lowest BCUT2D eigenvalue weighted by Gasteiger charge is -2.16. The first-order valence-corrected chi connectivity index (χ1v) is 7.76. The third-order valence-corrected chi connectivity index (χ3v) is 3.73. The fourth-order valence-corrected chi connectivity index (χ4v) is 2.34. The van der Waals surface area contributed by atoms with Crippen LogP contribution in [0.5, 0.6) is 5.75 Å². The van der Waals surface area contributed by atoms with Crippen LogP contribution < -0.4 is 10.1 Å². The minimum absolute atomic E-state index is 0.240. The van der Waals surface area contributed by atoms with Gasteiger partial charge in [0.15, 0.2) is 6.10 Å². The fourth-order valence-electron chi connectivity index (χ4n) is 1.88. The molecule has 1 atom stereocenters. The number of hydrogen-bond acceptors (Lipinski definition) is 2. The van der Waals surface area contributed by atoms with Gasteiger partial charge in [0, 0.05) is 10.7 Å². The molecular formula is C17H17Cl2NO2. The van der Waals surface area contributed by atoms with Gasteiger partial charge in [0.1, 0.15) is 5.75 Å². The van der Waals surface area contributed by atoms with Gasteiger partial charge in [-0.1, -0.05) is 42.3 Å². The summed E-state index contributed by atoms with van der Waals surface area (Å²) < 4.78 is 5.58. The number of benzene rings is 2. The smallest absolute Gasteiger partial charge is 0.265 e. The number of nitrogens with one attached hydrogen (secondary N) is 1. The van der Waals surface area contributed by atoms with E-state index in [4.69, 9.17) is 27.9 Å². The Labute approximate surface area is 140 Å². The maximum Gasteiger partial charge on any atom is 0.265 e. The Morgan fingerprint density at radius 2 is 1.86 bits per heavy atom. The van der Waals surface area contributed by atoms with Gasteiger partial charge >= 0.3 is 0 Å². The van der Waals surface area contributed by atoms with E-state index in [0.29, 0.717) is 15.8 Å². The molecule has 0 heterocycles. The SMILES string of the molecule is CCc1ccc(NC(=O)[C@H](C)Oc2ccc(Cl)cc2Cl)cc1. The molecule has 0 fully saturated rings. The third kappa shape index (κ3) is 4.39. The number of carbonyl (C=O) groups is 1. The molecule has 0 unspecified atom stereocenters. The first kappa shape index (κ1) is 16.7. The Balaban J connectivity index is 1.99. The lowest BCUT2D eigenvalue weighted by Crippen LogP contribution is -2.30. The highest BCUT2D eigenvalue weighted by atomic mass is 35.5. The number of rotatable bonds is 5. The molecule has 0 aliphatic heterocycles. The Morgan fingerprint density at radius 1 is 1.18 bits per heavy atom. The molecule has 1 N–H and O–H groups in total. The quantitative estimate of drug-likeness (QED) is 0.837. The minimum Gasteiger partial charge on any atom is -0.479 e. The molecule has 1 amide bonds. The first-order valence-electron chi connectivity index (χ1n) is 7.01. The Kier molecular flexibility index (Phi) is 5.69. The molecule has 0 aliphatic carbocycles. The monoisotopic (exact) mass is 337 g/mol. The van der Waals surface area contributed by atoms with Crippen LogP contribution in [-0.2, 0) is 11.2 Å². The molecule has 0 bridgehead atoms. The zero-order chi connectivity index (χ0) is 16.1. The average Bonchev–Trinajstić information content (AvgIpc) is 2.50. The van der Waals surface area contributed by atoms with Gasteiger partial charge in [-0.3, -0.25) is 4.79 Å². The molecule has 0 spiro atoms. The molecule has 2 aromatic carbocycles. The van der Waals surface area contributed by atoms with Crippen LogP contribution in [0.25, 0.3) is 0 Å². The van der Waals surface area contributed by atoms with E-state index < -0.39 is 6.10 Å². The number of halogens is 2. The second-order valence-electron chi connectivity index (χ2n) is 4.87. The molecule has 0 radical (unpaired) electrons. The summed E-state index contributed by atoms with van der Waals surface area (Å²) in [6.45, 7) is 3.75. The molecule has 0 aliphatic rings. The van der Waals surface area contributed by atoms with Crippen molar-refractivity contribution in [3.63, 3.8) is 0 Å². The van der Waals surface area contributed by atoms with Crippen LogP contribution >= 0.6 is 23.2 Å². The van der Waals surface area contributed by atoms with Crippen LogP contribution in [0.1, 0.15) is 19.4 Å². The Morgan fingerprint density at radius 3 is 2.45 bits per heavy atom. The van der Waals surface area contributed by atoms with Crippen molar-refractivity contribution in [1.82, 2.24) is 0 Å². The summed E-state index contributed by atoms with van der Waals surface area (Å²) in [5, 5.41) is 3.70. The number of amides is 1. The van der Waals surface area contributed by atoms with Gasteiger partial charge in [0.2, 0.25) is 0 Å². The molecule has 0 aromatic heterocycles. The van der Waals surface area contributed by atoms with E-state index in [1.165, 1.54) is 5.56 Å². The Hall–Kier alpha value is -1.71. The van der Waals surface area contributed by atoms with Crippen molar-refractivity contribution in [3.05, 3.63) is 58.1 Å². The highest BCUT2D eigenvalue weighted by Gasteiger charge is 2.16. The number of anilines is 1. The van der Waals surface area contributed by atoms with Crippen molar-refractivity contribution in [3.8, 4) is 5.75 Å². The van der Waals surface area contributed by atoms with Gasteiger partial charge in [-0.15, -0.1) is 0 Å². The van der Waals surface area contributed by atoms with Gasteiger partial charge in [0.25, 0.3) is 5.91 Å². The van der Waals surface area contributed by atoms with E-state index in [2.05, 4.69) is 12.2 Å². The average molecular weight is 338 g/mol. The van der Waals surface area contributed by atoms with Crippen LogP contribution in [0.15, 0.2) is 42.5 Å². The van der Waals surface area contributed by atoms with Crippen molar-refractivity contribution >= 4 is 34.8 Å². The molecule has 116 valence electrons. The predicted octanol–water partition coefficient (Wildman–Crippen LogP) is 4.96. The summed E-state index contributed by atoms with van der Waals surface area (Å²) in [5.41, 5.74) is 1.95. The zero-order valence-electron chi connectivity index (χ0n) is 12.4. The van der Waals surface area contributed by atoms with Crippen molar-refractivity contribution in [2.45, 2.75) is 26.4 Å². The van der Waals surface area contributed by atoms with Crippen LogP contribution in [0.4, 0.5) is 5.69 Å². The molecule has 5 heteroatoms. The largest absolute Gasteiger partial charge is 0.479 e. The molecule has 3 nitrogen and oxygen atoms in total. The molecule has 22 heavy (non-hydrogen) atoms. The number of aryl methyl sites for hydroxylation is 1. The van der Waals surface area contributed by atoms with E-state index in [1.54, 1.807) is 25.1 Å². The number of carbonyl (C=O) groups excluding carboxylic acids is 1. The minimum atomic E-state index is -0.676. The van der Waals surface area contributed by atoms with Crippen LogP contribution in [0, 0.1) is 0 Å². The van der Waals surface area contributed by atoms with Crippen LogP contribution in [0.3, 0.4) is 0 Å². The number of hydrogen-bond donors (Lipinski definition) is 1. The topological polar surface area (TPSA) is 38.3 Å². The normalized spacial score (nSPS) is 11.8. The Bertz CT molecular complexity index is 656. The fraction of sp³-hybridized carbons (Fsp3) is 0.235. The van der Waals surface area contributed by atoms with E-state index in [0.717, 1.165) is 12.1 Å². The van der Waals surface area contributed by atoms with Gasteiger partial charge in [0.05, 0.1) is 5.02 Å². The summed E-state index contributed by atoms with van der Waals surface area (Å²) in [6, 6.07) is 12.6. The maximum absolute atomic E-state index is 12.1. The van der Waals surface area contributed by atoms with Crippen molar-refractivity contribution in [1.29, 1.82) is 0 Å². The molecule has 2 rings (SSSR count). The van der Waals surface area contributed by atoms with E-state index in [-0.39, 0.29) is 5.91 Å². The first-order chi connectivity index (χ1) is 10.5. The molecular weight excluding hydrogens is 321 g/mol. The second-order valence-corrected chi connectivity index (χ2v) is 5.72. The highest BCUT2D eigenvalue weighted by molar-refractivity contribution is 6.35. The van der Waals surface area contributed by atoms with Gasteiger partial charge < -0.3 is 10.1 Å². The van der Waals surface area contributed by atoms with Crippen molar-refractivity contribution in [2.75, 3.05) is 5.32 Å². The summed E-state index contributed by atoms with van der Waals surface area (Å²) in [7, 11) is 0. The third-order valence-electron chi connectivity index (χ3n) is 3.20. The van der Waals surface area contributed by atoms with Gasteiger partial charge in [-0.2, -0.15) is 0 Å². The molecule has 0 saturated heterocycles. The van der Waals surface area contributed by atoms with Crippen molar-refractivity contribution in [2.24, 2.45) is 0 Å². The van der Waals surface area contributed by atoms with Crippen molar-refractivity contribution < 1.29 is 9.53 Å². The zero-order valence-corrected chi connectivity index (χ0v) is 13.9. The van der Waals surface area contributed by atoms with Crippen LogP contribution in [-0.4, -0.2) is 12.0 Å². The number of ether oxygens (including phenoxy) is 1. The molecule has 2 aromatic rings. The van der Waals surface area contributed by atoms with E-state index in [9.17, 15) is 4.79 Å². The lowest BCUT2D eigenvalue weighted by molar-refractivity contribution is -0.122. The van der Waals surface area contributed by atoms with E-state index in [1.807, 2.05) is 24.3 Å². The summed E-state index contributed by atoms with van der Waals surface area (Å²) >= 11 is 11.9. The lowest BCUT2D eigenvalue weighted by atomic mass is 10.1. The maximum atomic E-state index is 12.1. The van der Waals surface area contributed by atoms with E-state index >= 15 is 0 Å². The van der Waals surface area contributed by atoms with Gasteiger partial charge in [-0.25, -0.2) is 0 Å². The summed E-state index contributed by atoms with van der Waals surface area (Å²) in [4.78, 5) is 12.1. The summed E-state index contributed by atoms with van der Waals surface area (Å²) in [6.07, 6.45) is 0.285. The standard InChI is InChI=1S/C17H17Cl2NO2/c1-3-12-4-7-14(8-5-12)20-17(21)11(2)22-16-9-6-13(18)10-15(16)19/h4-11H,3H2,1-2H3,(H,20,21)/t11-/m0/s1. The highest BCUT2D eigenvalue weighted by Crippen LogP contribution is 2.28. The second kappa shape index (κ2) is 7.52. The summed E-state index contributed by atoms with van der Waals surface area (Å²) in [5.74, 6) is 0.185. The predicted molar refractivity (Wildman–Crippen MR) is 91.0 cm³/mol. The van der Waals surface area contributed by atoms with Crippen LogP contribution in [0.2, 0.25) is 10.0 Å². The van der Waals surface area contributed by atoms with Gasteiger partial charge in [-0.05, 0) is 49.2 Å². The molecule has 0 saturated carbocycles.